The molecule has 4 heteroatoms. The van der Waals surface area contributed by atoms with E-state index in [1.165, 1.54) is 0 Å². The van der Waals surface area contributed by atoms with Gasteiger partial charge in [0, 0.05) is 82.3 Å². The Morgan fingerprint density at radius 3 is 0.750 bits per heavy atom. The van der Waals surface area contributed by atoms with Crippen LogP contribution in [-0.4, -0.2) is 0 Å². The number of hydrogen-bond acceptors (Lipinski definition) is 0. The van der Waals surface area contributed by atoms with Crippen LogP contribution in [0.5, 0.6) is 0 Å². The molecule has 1 radical (unpaired) electrons. The smallest absolute Gasteiger partial charge is 0 e. The van der Waals surface area contributed by atoms with Gasteiger partial charge >= 0.3 is 0 Å². The Labute approximate surface area is 81.1 Å². The molecule has 0 nitrogen and oxygen atoms in total. The minimum absolute atomic E-state index is 0. The van der Waals surface area contributed by atoms with Gasteiger partial charge in [0.2, 0.25) is 0 Å². The van der Waals surface area contributed by atoms with Gasteiger partial charge in [-0.25, -0.2) is 0 Å². The van der Waals surface area contributed by atoms with E-state index in [4.69, 9.17) is 0 Å². The Bertz CT molecular complexity index is 6.00. The fourth-order valence-corrected chi connectivity index (χ4v) is 0. The molecular weight excluding hydrogens is 351 g/mol. The third-order valence-electron chi connectivity index (χ3n) is 0. The first kappa shape index (κ1) is 30.1. The summed E-state index contributed by atoms with van der Waals surface area (Å²) in [5.41, 5.74) is 0. The molecule has 0 atom stereocenters. The van der Waals surface area contributed by atoms with Crippen molar-refractivity contribution in [2.75, 3.05) is 0 Å². The summed E-state index contributed by atoms with van der Waals surface area (Å²) in [4.78, 5) is 0. The fourth-order valence-electron chi connectivity index (χ4n) is 0. The molecule has 0 rings (SSSR count). The zero-order valence-corrected chi connectivity index (χ0v) is 7.89. The van der Waals surface area contributed by atoms with Gasteiger partial charge in [-0.15, -0.1) is 0 Å². The van der Waals surface area contributed by atoms with E-state index in [0.717, 1.165) is 0 Å². The second-order valence-corrected chi connectivity index (χ2v) is 0. The molecule has 0 heterocycles. The van der Waals surface area contributed by atoms with Crippen molar-refractivity contribution in [3.8, 4) is 0 Å². The summed E-state index contributed by atoms with van der Waals surface area (Å²) in [6, 6.07) is 0. The molecule has 0 unspecified atom stereocenters. The molecule has 0 aliphatic carbocycles. The second kappa shape index (κ2) is 17.4. The van der Waals surface area contributed by atoms with E-state index >= 15 is 0 Å². The van der Waals surface area contributed by atoms with Gasteiger partial charge in [0.1, 0.15) is 0 Å². The van der Waals surface area contributed by atoms with E-state index in [9.17, 15) is 0 Å². The van der Waals surface area contributed by atoms with Crippen LogP contribution in [0, 0.1) is 0 Å². The van der Waals surface area contributed by atoms with E-state index in [1.54, 1.807) is 0 Å². The van der Waals surface area contributed by atoms with Gasteiger partial charge in [0.25, 0.3) is 0 Å². The quantitative estimate of drug-likeness (QED) is 0.539. The molecule has 4 heavy (non-hydrogen) atoms. The molecule has 0 saturated heterocycles. The van der Waals surface area contributed by atoms with Crippen molar-refractivity contribution < 1.29 is 82.3 Å². The maximum atomic E-state index is 0. The van der Waals surface area contributed by atoms with Crippen molar-refractivity contribution in [2.45, 2.75) is 0 Å². The topological polar surface area (TPSA) is 0 Å². The average Bonchev–Trinajstić information content (AvgIpc) is 0. The molecule has 0 saturated carbocycles. The van der Waals surface area contributed by atoms with Crippen molar-refractivity contribution in [1.82, 2.24) is 0 Å². The van der Waals surface area contributed by atoms with Crippen LogP contribution in [0.25, 0.3) is 0 Å². The first-order valence-electron chi connectivity index (χ1n) is 0. The molecule has 0 aromatic carbocycles. The molecular formula is AuNiTi2. The molecule has 0 amide bonds. The number of hydrogen-bond donors (Lipinski definition) is 0. The van der Waals surface area contributed by atoms with Crippen molar-refractivity contribution >= 4 is 0 Å². The Morgan fingerprint density at radius 1 is 0.750 bits per heavy atom. The SMILES string of the molecule is [Au].[Ni].[Ti].[Ti]. The van der Waals surface area contributed by atoms with Gasteiger partial charge in [-0.3, -0.25) is 0 Å². The Hall–Kier alpha value is 2.66. The summed E-state index contributed by atoms with van der Waals surface area (Å²) in [6.45, 7) is 0. The van der Waals surface area contributed by atoms with Gasteiger partial charge in [-0.2, -0.15) is 0 Å². The summed E-state index contributed by atoms with van der Waals surface area (Å²) in [7, 11) is 0. The third-order valence-corrected chi connectivity index (χ3v) is 0. The first-order valence-corrected chi connectivity index (χ1v) is 0. The van der Waals surface area contributed by atoms with Crippen LogP contribution in [0.1, 0.15) is 0 Å². The van der Waals surface area contributed by atoms with Gasteiger partial charge in [0.15, 0.2) is 0 Å². The largest absolute Gasteiger partial charge is 0 e. The first-order chi connectivity index (χ1) is 0. The monoisotopic (exact) mass is 351 g/mol. The predicted octanol–water partition coefficient (Wildman–Crippen LogP) is -0.0100. The van der Waals surface area contributed by atoms with E-state index in [-0.39, 0.29) is 82.3 Å². The van der Waals surface area contributed by atoms with Gasteiger partial charge in [-0.05, 0) is 0 Å². The van der Waals surface area contributed by atoms with Gasteiger partial charge < -0.3 is 0 Å². The van der Waals surface area contributed by atoms with Crippen LogP contribution in [0.15, 0.2) is 0 Å². The number of rotatable bonds is 0. The molecule has 0 aliphatic heterocycles. The maximum absolute atomic E-state index is 0. The van der Waals surface area contributed by atoms with Crippen molar-refractivity contribution in [2.24, 2.45) is 0 Å². The summed E-state index contributed by atoms with van der Waals surface area (Å²) < 4.78 is 0. The zero-order chi connectivity index (χ0) is 0. The van der Waals surface area contributed by atoms with E-state index in [0.29, 0.717) is 0 Å². The Morgan fingerprint density at radius 2 is 0.750 bits per heavy atom. The summed E-state index contributed by atoms with van der Waals surface area (Å²) >= 11 is 0. The van der Waals surface area contributed by atoms with Crippen LogP contribution in [-0.2, 0) is 82.3 Å². The molecule has 0 spiro atoms. The van der Waals surface area contributed by atoms with Crippen molar-refractivity contribution in [3.63, 3.8) is 0 Å². The summed E-state index contributed by atoms with van der Waals surface area (Å²) in [6.07, 6.45) is 0. The molecule has 0 fully saturated rings. The van der Waals surface area contributed by atoms with Crippen molar-refractivity contribution in [3.05, 3.63) is 0 Å². The molecule has 0 aromatic rings. The summed E-state index contributed by atoms with van der Waals surface area (Å²) in [5, 5.41) is 0. The van der Waals surface area contributed by atoms with E-state index in [1.807, 2.05) is 0 Å². The fraction of sp³-hybridized carbons (Fsp3) is 0. The standard InChI is InChI=1S/Au.Ni.2Ti. The van der Waals surface area contributed by atoms with Gasteiger partial charge in [-0.1, -0.05) is 0 Å². The van der Waals surface area contributed by atoms with Gasteiger partial charge in [0.05, 0.1) is 0 Å². The zero-order valence-electron chi connectivity index (χ0n) is 1.62. The Kier molecular flexibility index (Phi) is 131. The van der Waals surface area contributed by atoms with E-state index < -0.39 is 0 Å². The molecule has 29 valence electrons. The predicted molar refractivity (Wildman–Crippen MR) is 0 cm³/mol. The maximum Gasteiger partial charge on any atom is 0 e. The van der Waals surface area contributed by atoms with Crippen LogP contribution < -0.4 is 0 Å². The molecule has 0 N–H and O–H groups in total. The minimum atomic E-state index is 0. The van der Waals surface area contributed by atoms with Crippen LogP contribution in [0.4, 0.5) is 0 Å². The molecule has 0 aliphatic rings. The molecule has 0 aromatic heterocycles. The van der Waals surface area contributed by atoms with Crippen LogP contribution >= 0.6 is 0 Å². The van der Waals surface area contributed by atoms with E-state index in [2.05, 4.69) is 0 Å². The van der Waals surface area contributed by atoms with Crippen molar-refractivity contribution in [1.29, 1.82) is 0 Å². The minimum Gasteiger partial charge on any atom is 0 e. The average molecular weight is 351 g/mol. The van der Waals surface area contributed by atoms with Crippen LogP contribution in [0.3, 0.4) is 0 Å². The normalized spacial score (nSPS) is 0. The van der Waals surface area contributed by atoms with Crippen LogP contribution in [0.2, 0.25) is 0 Å². The Balaban J connectivity index is 0. The summed E-state index contributed by atoms with van der Waals surface area (Å²) in [5.74, 6) is 0. The second-order valence-electron chi connectivity index (χ2n) is 0. The molecule has 0 bridgehead atoms. The third kappa shape index (κ3) is 8.82.